The Morgan fingerprint density at radius 3 is 2.80 bits per heavy atom. The van der Waals surface area contributed by atoms with Gasteiger partial charge in [-0.3, -0.25) is 4.79 Å². The monoisotopic (exact) mass is 295 g/mol. The first kappa shape index (κ1) is 15.5. The second-order valence-electron chi connectivity index (χ2n) is 6.00. The Morgan fingerprint density at radius 2 is 2.10 bits per heavy atom. The highest BCUT2D eigenvalue weighted by Gasteiger charge is 2.24. The molecule has 0 amide bonds. The largest absolute Gasteiger partial charge is 0.469 e. The second-order valence-corrected chi connectivity index (χ2v) is 7.26. The van der Waals surface area contributed by atoms with Crippen LogP contribution < -0.4 is 5.32 Å². The van der Waals surface area contributed by atoms with Crippen LogP contribution in [-0.4, -0.2) is 19.1 Å². The van der Waals surface area contributed by atoms with Crippen LogP contribution in [-0.2, 0) is 22.5 Å². The minimum Gasteiger partial charge on any atom is -0.469 e. The Balaban J connectivity index is 1.80. The number of ether oxygens (including phenoxy) is 1. The summed E-state index contributed by atoms with van der Waals surface area (Å²) >= 11 is 1.70. The van der Waals surface area contributed by atoms with Crippen molar-refractivity contribution >= 4 is 17.3 Å². The van der Waals surface area contributed by atoms with Crippen molar-refractivity contribution < 1.29 is 9.53 Å². The van der Waals surface area contributed by atoms with E-state index in [1.54, 1.807) is 11.3 Å². The van der Waals surface area contributed by atoms with Crippen LogP contribution in [0.15, 0.2) is 12.1 Å². The van der Waals surface area contributed by atoms with Crippen LogP contribution in [0, 0.1) is 11.8 Å². The first-order valence-corrected chi connectivity index (χ1v) is 8.28. The molecule has 0 aliphatic heterocycles. The molecule has 1 aromatic heterocycles. The average molecular weight is 295 g/mol. The summed E-state index contributed by atoms with van der Waals surface area (Å²) in [7, 11) is 1.43. The fourth-order valence-corrected chi connectivity index (χ4v) is 3.98. The van der Waals surface area contributed by atoms with E-state index in [4.69, 9.17) is 4.74 Å². The molecule has 3 unspecified atom stereocenters. The summed E-state index contributed by atoms with van der Waals surface area (Å²) in [5.74, 6) is 1.46. The van der Waals surface area contributed by atoms with Crippen LogP contribution in [0.25, 0.3) is 0 Å². The molecule has 1 fully saturated rings. The number of rotatable bonds is 5. The van der Waals surface area contributed by atoms with Crippen LogP contribution >= 0.6 is 11.3 Å². The van der Waals surface area contributed by atoms with Gasteiger partial charge in [0.25, 0.3) is 0 Å². The molecule has 3 atom stereocenters. The third-order valence-electron chi connectivity index (χ3n) is 4.23. The molecule has 1 saturated carbocycles. The average Bonchev–Trinajstić information content (AvgIpc) is 2.85. The van der Waals surface area contributed by atoms with E-state index < -0.39 is 0 Å². The van der Waals surface area contributed by atoms with E-state index in [2.05, 4.69) is 25.2 Å². The molecule has 112 valence electrons. The zero-order valence-electron chi connectivity index (χ0n) is 12.6. The third kappa shape index (κ3) is 4.32. The van der Waals surface area contributed by atoms with Crippen molar-refractivity contribution in [2.24, 2.45) is 11.8 Å². The maximum atomic E-state index is 11.2. The van der Waals surface area contributed by atoms with E-state index in [-0.39, 0.29) is 5.97 Å². The molecular formula is C16H25NO2S. The molecular weight excluding hydrogens is 270 g/mol. The van der Waals surface area contributed by atoms with Gasteiger partial charge in [0.15, 0.2) is 0 Å². The minimum atomic E-state index is -0.166. The lowest BCUT2D eigenvalue weighted by molar-refractivity contribution is -0.139. The Bertz CT molecular complexity index is 443. The molecule has 2 rings (SSSR count). The van der Waals surface area contributed by atoms with Crippen LogP contribution in [0.2, 0.25) is 0 Å². The number of hydrogen-bond acceptors (Lipinski definition) is 4. The molecule has 20 heavy (non-hydrogen) atoms. The number of carbonyl (C=O) groups is 1. The van der Waals surface area contributed by atoms with Crippen molar-refractivity contribution in [1.29, 1.82) is 0 Å². The predicted octanol–water partition coefficient (Wildman–Crippen LogP) is 3.38. The van der Waals surface area contributed by atoms with Gasteiger partial charge in [0, 0.05) is 22.3 Å². The highest BCUT2D eigenvalue weighted by Crippen LogP contribution is 2.29. The minimum absolute atomic E-state index is 0.166. The van der Waals surface area contributed by atoms with Crippen LogP contribution in [0.1, 0.15) is 42.9 Å². The summed E-state index contributed by atoms with van der Waals surface area (Å²) in [5.41, 5.74) is 0. The molecule has 0 spiro atoms. The zero-order valence-corrected chi connectivity index (χ0v) is 13.5. The molecule has 3 nitrogen and oxygen atoms in total. The van der Waals surface area contributed by atoms with Gasteiger partial charge < -0.3 is 10.1 Å². The van der Waals surface area contributed by atoms with Crippen LogP contribution in [0.4, 0.5) is 0 Å². The van der Waals surface area contributed by atoms with Gasteiger partial charge in [0.05, 0.1) is 13.5 Å². The molecule has 0 saturated heterocycles. The lowest BCUT2D eigenvalue weighted by Crippen LogP contribution is -2.38. The molecule has 1 aliphatic rings. The quantitative estimate of drug-likeness (QED) is 0.846. The molecule has 0 aromatic carbocycles. The summed E-state index contributed by atoms with van der Waals surface area (Å²) in [6, 6.07) is 4.79. The number of methoxy groups -OCH3 is 1. The van der Waals surface area contributed by atoms with Gasteiger partial charge in [-0.25, -0.2) is 0 Å². The third-order valence-corrected chi connectivity index (χ3v) is 5.32. The summed E-state index contributed by atoms with van der Waals surface area (Å²) in [6.45, 7) is 5.62. The van der Waals surface area contributed by atoms with Gasteiger partial charge in [-0.05, 0) is 43.2 Å². The van der Waals surface area contributed by atoms with Gasteiger partial charge in [-0.15, -0.1) is 11.3 Å². The van der Waals surface area contributed by atoms with Crippen molar-refractivity contribution in [2.75, 3.05) is 7.11 Å². The first-order chi connectivity index (χ1) is 9.58. The summed E-state index contributed by atoms with van der Waals surface area (Å²) in [4.78, 5) is 13.6. The van der Waals surface area contributed by atoms with Crippen molar-refractivity contribution in [1.82, 2.24) is 5.32 Å². The number of carbonyl (C=O) groups excluding carboxylic acids is 1. The van der Waals surface area contributed by atoms with Crippen molar-refractivity contribution in [3.8, 4) is 0 Å². The SMILES string of the molecule is COC(=O)Cc1ccc(CNC2CCC(C)CC2C)s1. The summed E-state index contributed by atoms with van der Waals surface area (Å²) in [5, 5.41) is 3.68. The molecule has 1 aromatic rings. The summed E-state index contributed by atoms with van der Waals surface area (Å²) in [6.07, 6.45) is 4.33. The number of nitrogens with one attached hydrogen (secondary N) is 1. The van der Waals surface area contributed by atoms with E-state index >= 15 is 0 Å². The smallest absolute Gasteiger partial charge is 0.310 e. The van der Waals surface area contributed by atoms with E-state index in [0.717, 1.165) is 23.3 Å². The highest BCUT2D eigenvalue weighted by atomic mass is 32.1. The molecule has 4 heteroatoms. The fraction of sp³-hybridized carbons (Fsp3) is 0.688. The maximum Gasteiger partial charge on any atom is 0.310 e. The van der Waals surface area contributed by atoms with Crippen LogP contribution in [0.3, 0.4) is 0 Å². The lowest BCUT2D eigenvalue weighted by Gasteiger charge is -2.33. The van der Waals surface area contributed by atoms with Gasteiger partial charge in [-0.2, -0.15) is 0 Å². The molecule has 1 N–H and O–H groups in total. The Morgan fingerprint density at radius 1 is 1.35 bits per heavy atom. The Kier molecular flexibility index (Phi) is 5.61. The van der Waals surface area contributed by atoms with Crippen LogP contribution in [0.5, 0.6) is 0 Å². The molecule has 1 aliphatic carbocycles. The maximum absolute atomic E-state index is 11.2. The second kappa shape index (κ2) is 7.23. The molecule has 0 bridgehead atoms. The molecule has 0 radical (unpaired) electrons. The van der Waals surface area contributed by atoms with E-state index in [1.807, 2.05) is 6.07 Å². The standard InChI is InChI=1S/C16H25NO2S/c1-11-4-7-15(12(2)8-11)17-10-14-6-5-13(20-14)9-16(18)19-3/h5-6,11-12,15,17H,4,7-10H2,1-3H3. The Hall–Kier alpha value is -0.870. The highest BCUT2D eigenvalue weighted by molar-refractivity contribution is 7.12. The zero-order chi connectivity index (χ0) is 14.5. The fourth-order valence-electron chi connectivity index (χ4n) is 3.03. The lowest BCUT2D eigenvalue weighted by atomic mass is 9.80. The van der Waals surface area contributed by atoms with E-state index in [9.17, 15) is 4.79 Å². The Labute approximate surface area is 125 Å². The number of thiophene rings is 1. The normalized spacial score (nSPS) is 26.4. The van der Waals surface area contributed by atoms with E-state index in [1.165, 1.54) is 31.2 Å². The number of hydrogen-bond donors (Lipinski definition) is 1. The van der Waals surface area contributed by atoms with Crippen molar-refractivity contribution in [2.45, 2.75) is 52.1 Å². The van der Waals surface area contributed by atoms with Gasteiger partial charge in [-0.1, -0.05) is 13.8 Å². The first-order valence-electron chi connectivity index (χ1n) is 7.46. The summed E-state index contributed by atoms with van der Waals surface area (Å²) < 4.78 is 4.69. The van der Waals surface area contributed by atoms with Crippen molar-refractivity contribution in [3.63, 3.8) is 0 Å². The topological polar surface area (TPSA) is 38.3 Å². The van der Waals surface area contributed by atoms with Gasteiger partial charge in [0.1, 0.15) is 0 Å². The van der Waals surface area contributed by atoms with Gasteiger partial charge in [0.2, 0.25) is 0 Å². The number of esters is 1. The van der Waals surface area contributed by atoms with Crippen molar-refractivity contribution in [3.05, 3.63) is 21.9 Å². The van der Waals surface area contributed by atoms with Gasteiger partial charge >= 0.3 is 5.97 Å². The molecule has 1 heterocycles. The predicted molar refractivity (Wildman–Crippen MR) is 82.8 cm³/mol. The van der Waals surface area contributed by atoms with E-state index in [0.29, 0.717) is 12.5 Å².